The van der Waals surface area contributed by atoms with Crippen LogP contribution in [-0.4, -0.2) is 28.1 Å². The molecule has 1 heterocycles. The lowest BCUT2D eigenvalue weighted by molar-refractivity contribution is -0.384. The summed E-state index contributed by atoms with van der Waals surface area (Å²) < 4.78 is 0. The topological polar surface area (TPSA) is 105 Å². The lowest BCUT2D eigenvalue weighted by Gasteiger charge is -2.20. The molecule has 0 radical (unpaired) electrons. The second-order valence-electron chi connectivity index (χ2n) is 5.75. The van der Waals surface area contributed by atoms with Crippen LogP contribution in [0, 0.1) is 10.1 Å². The highest BCUT2D eigenvalue weighted by Crippen LogP contribution is 2.29. The number of hydrazone groups is 1. The zero-order chi connectivity index (χ0) is 18.9. The number of amides is 3. The smallest absolute Gasteiger partial charge is 0.318 e. The minimum Gasteiger partial charge on any atom is -0.318 e. The van der Waals surface area contributed by atoms with Crippen LogP contribution in [0.4, 0.5) is 10.5 Å². The Hall–Kier alpha value is -3.26. The molecule has 2 aromatic rings. The number of nitro groups is 1. The van der Waals surface area contributed by atoms with Crippen LogP contribution in [0.1, 0.15) is 18.1 Å². The number of nitrogens with zero attached hydrogens (tertiary/aromatic N) is 3. The Kier molecular flexibility index (Phi) is 4.43. The summed E-state index contributed by atoms with van der Waals surface area (Å²) in [6.07, 6.45) is 1.19. The van der Waals surface area contributed by atoms with Crippen molar-refractivity contribution < 1.29 is 14.5 Å². The number of hydrogen-bond acceptors (Lipinski definition) is 5. The van der Waals surface area contributed by atoms with E-state index in [9.17, 15) is 19.7 Å². The van der Waals surface area contributed by atoms with Crippen LogP contribution in [0.3, 0.4) is 0 Å². The predicted molar refractivity (Wildman–Crippen MR) is 94.9 cm³/mol. The number of carbonyl (C=O) groups is 2. The first-order valence-corrected chi connectivity index (χ1v) is 7.91. The molecule has 0 aliphatic carbocycles. The van der Waals surface area contributed by atoms with Gasteiger partial charge in [-0.25, -0.2) is 4.79 Å². The number of urea groups is 1. The molecule has 1 N–H and O–H groups in total. The average Bonchev–Trinajstić information content (AvgIpc) is 2.85. The van der Waals surface area contributed by atoms with E-state index in [4.69, 9.17) is 11.6 Å². The first-order valence-electron chi connectivity index (χ1n) is 7.53. The van der Waals surface area contributed by atoms with Crippen molar-refractivity contribution in [2.24, 2.45) is 5.10 Å². The fourth-order valence-electron chi connectivity index (χ4n) is 2.57. The molecule has 0 bridgehead atoms. The summed E-state index contributed by atoms with van der Waals surface area (Å²) in [7, 11) is 0. The number of halogens is 1. The molecular formula is C17H13ClN4O4. The number of benzene rings is 2. The van der Waals surface area contributed by atoms with Crippen LogP contribution in [-0.2, 0) is 10.3 Å². The van der Waals surface area contributed by atoms with E-state index in [1.54, 1.807) is 37.3 Å². The Bertz CT molecular complexity index is 932. The van der Waals surface area contributed by atoms with Gasteiger partial charge in [-0.15, -0.1) is 5.01 Å². The van der Waals surface area contributed by atoms with E-state index in [1.165, 1.54) is 24.4 Å². The van der Waals surface area contributed by atoms with Gasteiger partial charge >= 0.3 is 6.03 Å². The van der Waals surface area contributed by atoms with Crippen LogP contribution in [0.2, 0.25) is 5.02 Å². The van der Waals surface area contributed by atoms with E-state index in [0.29, 0.717) is 16.1 Å². The number of nitro benzene ring substituents is 1. The largest absolute Gasteiger partial charge is 0.346 e. The summed E-state index contributed by atoms with van der Waals surface area (Å²) in [6.45, 7) is 1.59. The first-order chi connectivity index (χ1) is 12.3. The van der Waals surface area contributed by atoms with E-state index in [2.05, 4.69) is 10.4 Å². The SMILES string of the molecule is C[C@]1(c2ccccc2)NC(=O)N(/N=C\c2ccc(Cl)c([N+](=O)[O-])c2)C1=O. The van der Waals surface area contributed by atoms with Crippen molar-refractivity contribution in [2.75, 3.05) is 0 Å². The minimum absolute atomic E-state index is 0.0150. The van der Waals surface area contributed by atoms with Crippen molar-refractivity contribution in [1.29, 1.82) is 0 Å². The van der Waals surface area contributed by atoms with Crippen LogP contribution >= 0.6 is 11.6 Å². The van der Waals surface area contributed by atoms with E-state index < -0.39 is 22.4 Å². The average molecular weight is 373 g/mol. The van der Waals surface area contributed by atoms with Crippen molar-refractivity contribution >= 4 is 35.4 Å². The van der Waals surface area contributed by atoms with Gasteiger partial charge in [0.2, 0.25) is 0 Å². The lowest BCUT2D eigenvalue weighted by atomic mass is 9.92. The molecule has 26 heavy (non-hydrogen) atoms. The third-order valence-electron chi connectivity index (χ3n) is 4.01. The van der Waals surface area contributed by atoms with E-state index >= 15 is 0 Å². The van der Waals surface area contributed by atoms with Crippen LogP contribution in [0.5, 0.6) is 0 Å². The van der Waals surface area contributed by atoms with Gasteiger partial charge in [-0.3, -0.25) is 14.9 Å². The summed E-state index contributed by atoms with van der Waals surface area (Å²) in [5.74, 6) is -0.548. The zero-order valence-electron chi connectivity index (χ0n) is 13.5. The molecule has 0 aromatic heterocycles. The van der Waals surface area contributed by atoms with Gasteiger partial charge in [0.1, 0.15) is 10.6 Å². The molecule has 8 nitrogen and oxygen atoms in total. The highest BCUT2D eigenvalue weighted by atomic mass is 35.5. The summed E-state index contributed by atoms with van der Waals surface area (Å²) in [6, 6.07) is 12.2. The van der Waals surface area contributed by atoms with Crippen molar-refractivity contribution in [3.63, 3.8) is 0 Å². The fourth-order valence-corrected chi connectivity index (χ4v) is 2.76. The molecule has 1 aliphatic rings. The number of carbonyl (C=O) groups excluding carboxylic acids is 2. The van der Waals surface area contributed by atoms with Crippen molar-refractivity contribution in [3.8, 4) is 0 Å². The van der Waals surface area contributed by atoms with Gasteiger partial charge < -0.3 is 5.32 Å². The van der Waals surface area contributed by atoms with Gasteiger partial charge in [0.25, 0.3) is 11.6 Å². The van der Waals surface area contributed by atoms with Gasteiger partial charge in [0.15, 0.2) is 0 Å². The molecule has 1 saturated heterocycles. The Morgan fingerprint density at radius 1 is 1.23 bits per heavy atom. The molecule has 0 saturated carbocycles. The Balaban J connectivity index is 1.88. The maximum Gasteiger partial charge on any atom is 0.346 e. The van der Waals surface area contributed by atoms with Gasteiger partial charge in [0, 0.05) is 11.6 Å². The van der Waals surface area contributed by atoms with Crippen LogP contribution in [0.25, 0.3) is 0 Å². The van der Waals surface area contributed by atoms with E-state index in [-0.39, 0.29) is 10.7 Å². The van der Waals surface area contributed by atoms with Crippen molar-refractivity contribution in [3.05, 3.63) is 74.8 Å². The molecule has 3 amide bonds. The summed E-state index contributed by atoms with van der Waals surface area (Å²) in [4.78, 5) is 35.2. The molecule has 1 atom stereocenters. The Morgan fingerprint density at radius 2 is 1.92 bits per heavy atom. The molecule has 2 aromatic carbocycles. The zero-order valence-corrected chi connectivity index (χ0v) is 14.3. The molecular weight excluding hydrogens is 360 g/mol. The van der Waals surface area contributed by atoms with Crippen molar-refractivity contribution in [1.82, 2.24) is 10.3 Å². The summed E-state index contributed by atoms with van der Waals surface area (Å²) in [5.41, 5.74) is -0.572. The second-order valence-corrected chi connectivity index (χ2v) is 6.16. The monoisotopic (exact) mass is 372 g/mol. The summed E-state index contributed by atoms with van der Waals surface area (Å²) in [5, 5.41) is 18.1. The Labute approximate surface area is 153 Å². The lowest BCUT2D eigenvalue weighted by Crippen LogP contribution is -2.40. The second kappa shape index (κ2) is 6.57. The fraction of sp³-hybridized carbons (Fsp3) is 0.118. The maximum absolute atomic E-state index is 12.7. The normalized spacial score (nSPS) is 19.8. The quantitative estimate of drug-likeness (QED) is 0.385. The van der Waals surface area contributed by atoms with Gasteiger partial charge in [-0.1, -0.05) is 48.0 Å². The molecule has 1 fully saturated rings. The molecule has 9 heteroatoms. The van der Waals surface area contributed by atoms with Gasteiger partial charge in [-0.2, -0.15) is 5.10 Å². The third kappa shape index (κ3) is 3.02. The highest BCUT2D eigenvalue weighted by Gasteiger charge is 2.49. The molecule has 1 aliphatic heterocycles. The number of hydrogen-bond donors (Lipinski definition) is 1. The minimum atomic E-state index is -1.23. The van der Waals surface area contributed by atoms with Gasteiger partial charge in [0.05, 0.1) is 11.1 Å². The van der Waals surface area contributed by atoms with E-state index in [0.717, 1.165) is 0 Å². The third-order valence-corrected chi connectivity index (χ3v) is 4.33. The number of nitrogens with one attached hydrogen (secondary N) is 1. The number of imide groups is 1. The molecule has 132 valence electrons. The standard InChI is InChI=1S/C17H13ClN4O4/c1-17(12-5-3-2-4-6-12)15(23)21(16(24)20-17)19-10-11-7-8-13(18)14(9-11)22(25)26/h2-10H,1H3,(H,20,24)/b19-10-/t17-/m1/s1. The Morgan fingerprint density at radius 3 is 2.58 bits per heavy atom. The van der Waals surface area contributed by atoms with E-state index in [1.807, 2.05) is 0 Å². The molecule has 0 spiro atoms. The first kappa shape index (κ1) is 17.6. The van der Waals surface area contributed by atoms with Crippen molar-refractivity contribution in [2.45, 2.75) is 12.5 Å². The van der Waals surface area contributed by atoms with Crippen LogP contribution in [0.15, 0.2) is 53.6 Å². The number of rotatable bonds is 4. The van der Waals surface area contributed by atoms with Crippen LogP contribution < -0.4 is 5.32 Å². The molecule has 0 unspecified atom stereocenters. The van der Waals surface area contributed by atoms with Gasteiger partial charge in [-0.05, 0) is 18.6 Å². The summed E-state index contributed by atoms with van der Waals surface area (Å²) >= 11 is 5.76. The maximum atomic E-state index is 12.7. The predicted octanol–water partition coefficient (Wildman–Crippen LogP) is 3.05. The molecule has 3 rings (SSSR count). The highest BCUT2D eigenvalue weighted by molar-refractivity contribution is 6.32.